The topological polar surface area (TPSA) is 31.0 Å². The number of hydrogen-bond acceptors (Lipinski definition) is 2. The summed E-state index contributed by atoms with van der Waals surface area (Å²) in [6, 6.07) is 35.2. The van der Waals surface area contributed by atoms with Gasteiger partial charge in [-0.3, -0.25) is 4.57 Å². The van der Waals surface area contributed by atoms with Crippen molar-refractivity contribution in [2.45, 2.75) is 19.3 Å². The largest absolute Gasteiger partial charge is 0.423 e. The van der Waals surface area contributed by atoms with Crippen molar-refractivity contribution in [1.82, 2.24) is 9.55 Å². The Bertz CT molecular complexity index is 1950. The lowest BCUT2D eigenvalue weighted by atomic mass is 9.82. The quantitative estimate of drug-likeness (QED) is 0.251. The van der Waals surface area contributed by atoms with E-state index in [-0.39, 0.29) is 5.41 Å². The molecule has 2 heterocycles. The zero-order valence-corrected chi connectivity index (χ0v) is 19.5. The highest BCUT2D eigenvalue weighted by molar-refractivity contribution is 6.19. The van der Waals surface area contributed by atoms with Crippen LogP contribution in [0.25, 0.3) is 60.8 Å². The van der Waals surface area contributed by atoms with E-state index in [9.17, 15) is 0 Å². The normalized spacial score (nSPS) is 14.2. The number of para-hydroxylation sites is 3. The molecule has 0 unspecified atom stereocenters. The molecule has 166 valence electrons. The maximum atomic E-state index is 6.31. The molecule has 0 saturated carbocycles. The molecule has 0 amide bonds. The molecule has 8 rings (SSSR count). The summed E-state index contributed by atoms with van der Waals surface area (Å²) in [4.78, 5) is 4.89. The molecule has 0 N–H and O–H groups in total. The van der Waals surface area contributed by atoms with Crippen LogP contribution in [0.3, 0.4) is 0 Å². The van der Waals surface area contributed by atoms with E-state index in [1.54, 1.807) is 0 Å². The summed E-state index contributed by atoms with van der Waals surface area (Å²) in [6.45, 7) is 4.67. The van der Waals surface area contributed by atoms with Crippen molar-refractivity contribution < 1.29 is 4.42 Å². The van der Waals surface area contributed by atoms with Crippen LogP contribution in [-0.2, 0) is 5.41 Å². The van der Waals surface area contributed by atoms with E-state index in [2.05, 4.69) is 91.2 Å². The molecule has 0 bridgehead atoms. The molecule has 0 spiro atoms. The minimum Gasteiger partial charge on any atom is -0.423 e. The first-order chi connectivity index (χ1) is 17.1. The van der Waals surface area contributed by atoms with Gasteiger partial charge in [0.25, 0.3) is 0 Å². The van der Waals surface area contributed by atoms with Crippen molar-refractivity contribution in [3.8, 4) is 17.1 Å². The van der Waals surface area contributed by atoms with Gasteiger partial charge in [0.2, 0.25) is 0 Å². The first kappa shape index (κ1) is 19.0. The van der Waals surface area contributed by atoms with Crippen LogP contribution in [0.15, 0.2) is 101 Å². The van der Waals surface area contributed by atoms with Crippen LogP contribution >= 0.6 is 0 Å². The zero-order chi connectivity index (χ0) is 23.3. The molecule has 0 atom stereocenters. The Kier molecular flexibility index (Phi) is 3.47. The van der Waals surface area contributed by atoms with E-state index in [1.807, 2.05) is 24.3 Å². The van der Waals surface area contributed by atoms with E-state index in [4.69, 9.17) is 9.40 Å². The van der Waals surface area contributed by atoms with Crippen LogP contribution in [-0.4, -0.2) is 9.55 Å². The van der Waals surface area contributed by atoms with Crippen LogP contribution in [0.5, 0.6) is 0 Å². The van der Waals surface area contributed by atoms with E-state index >= 15 is 0 Å². The zero-order valence-electron chi connectivity index (χ0n) is 19.5. The maximum absolute atomic E-state index is 6.31. The van der Waals surface area contributed by atoms with Gasteiger partial charge < -0.3 is 4.42 Å². The molecule has 0 saturated heterocycles. The Hall–Kier alpha value is -4.37. The monoisotopic (exact) mass is 450 g/mol. The molecule has 3 heteroatoms. The van der Waals surface area contributed by atoms with Crippen LogP contribution in [0.4, 0.5) is 0 Å². The molecule has 35 heavy (non-hydrogen) atoms. The number of oxazole rings is 1. The summed E-state index contributed by atoms with van der Waals surface area (Å²) in [5.74, 6) is 0. The molecule has 0 fully saturated rings. The average molecular weight is 451 g/mol. The lowest BCUT2D eigenvalue weighted by Crippen LogP contribution is -2.14. The first-order valence-corrected chi connectivity index (χ1v) is 12.1. The fraction of sp³-hybridized carbons (Fsp3) is 0.0938. The standard InChI is InChI=1S/C32H22N2O/c1-32(2)25-11-5-3-9-20(25)24-17-19-15-16-22-21-10-4-7-13-28(21)34(30(22)23(19)18-26(24)32)31-33-27-12-6-8-14-29(27)35-31/h3-18H,1-2H3. The molecule has 1 aliphatic rings. The summed E-state index contributed by atoms with van der Waals surface area (Å²) in [5.41, 5.74) is 9.29. The first-order valence-electron chi connectivity index (χ1n) is 12.1. The van der Waals surface area contributed by atoms with Crippen molar-refractivity contribution >= 4 is 43.7 Å². The number of aromatic nitrogens is 2. The van der Waals surface area contributed by atoms with Crippen LogP contribution in [0.1, 0.15) is 25.0 Å². The fourth-order valence-electron chi connectivity index (χ4n) is 6.13. The Morgan fingerprint density at radius 1 is 0.686 bits per heavy atom. The summed E-state index contributed by atoms with van der Waals surface area (Å²) >= 11 is 0. The number of rotatable bonds is 1. The summed E-state index contributed by atoms with van der Waals surface area (Å²) in [7, 11) is 0. The molecule has 0 radical (unpaired) electrons. The van der Waals surface area contributed by atoms with Gasteiger partial charge in [0.15, 0.2) is 5.58 Å². The predicted molar refractivity (Wildman–Crippen MR) is 143 cm³/mol. The van der Waals surface area contributed by atoms with E-state index in [0.29, 0.717) is 6.01 Å². The lowest BCUT2D eigenvalue weighted by Gasteiger charge is -2.21. The molecule has 2 aromatic heterocycles. The van der Waals surface area contributed by atoms with Gasteiger partial charge in [0.05, 0.1) is 11.0 Å². The number of benzene rings is 5. The van der Waals surface area contributed by atoms with E-state index in [1.165, 1.54) is 43.8 Å². The van der Waals surface area contributed by atoms with Crippen molar-refractivity contribution in [2.75, 3.05) is 0 Å². The molecule has 1 aliphatic carbocycles. The smallest absolute Gasteiger partial charge is 0.307 e. The van der Waals surface area contributed by atoms with E-state index in [0.717, 1.165) is 22.1 Å². The highest BCUT2D eigenvalue weighted by Gasteiger charge is 2.35. The van der Waals surface area contributed by atoms with Gasteiger partial charge >= 0.3 is 6.01 Å². The molecular formula is C32H22N2O. The van der Waals surface area contributed by atoms with Gasteiger partial charge in [0.1, 0.15) is 5.52 Å². The second kappa shape index (κ2) is 6.39. The fourth-order valence-corrected chi connectivity index (χ4v) is 6.13. The van der Waals surface area contributed by atoms with Crippen molar-refractivity contribution in [1.29, 1.82) is 0 Å². The number of nitrogens with zero attached hydrogens (tertiary/aromatic N) is 2. The third-order valence-corrected chi connectivity index (χ3v) is 7.83. The third-order valence-electron chi connectivity index (χ3n) is 7.83. The van der Waals surface area contributed by atoms with Crippen LogP contribution in [0.2, 0.25) is 0 Å². The van der Waals surface area contributed by atoms with Crippen molar-refractivity contribution in [3.63, 3.8) is 0 Å². The summed E-state index contributed by atoms with van der Waals surface area (Å²) in [5, 5.41) is 4.86. The Labute approximate surface area is 202 Å². The SMILES string of the molecule is CC1(C)c2ccccc2-c2cc3ccc4c5ccccc5n(-c5nc6ccccc6o5)c4c3cc21. The minimum absolute atomic E-state index is 0.0588. The predicted octanol–water partition coefficient (Wildman–Crippen LogP) is 8.38. The molecule has 5 aromatic carbocycles. The second-order valence-corrected chi connectivity index (χ2v) is 10.1. The average Bonchev–Trinajstić information content (AvgIpc) is 3.52. The minimum atomic E-state index is -0.0588. The molecule has 3 nitrogen and oxygen atoms in total. The number of fused-ring (bicyclic) bond motifs is 9. The van der Waals surface area contributed by atoms with Crippen LogP contribution < -0.4 is 0 Å². The number of hydrogen-bond donors (Lipinski definition) is 0. The lowest BCUT2D eigenvalue weighted by molar-refractivity contribution is 0.574. The highest BCUT2D eigenvalue weighted by Crippen LogP contribution is 2.50. The Morgan fingerprint density at radius 2 is 1.49 bits per heavy atom. The van der Waals surface area contributed by atoms with E-state index < -0.39 is 0 Å². The molecular weight excluding hydrogens is 428 g/mol. The summed E-state index contributed by atoms with van der Waals surface area (Å²) < 4.78 is 8.52. The third kappa shape index (κ3) is 2.37. The maximum Gasteiger partial charge on any atom is 0.307 e. The Morgan fingerprint density at radius 3 is 2.40 bits per heavy atom. The van der Waals surface area contributed by atoms with Crippen molar-refractivity contribution in [3.05, 3.63) is 108 Å². The van der Waals surface area contributed by atoms with Crippen LogP contribution in [0, 0.1) is 0 Å². The van der Waals surface area contributed by atoms with Gasteiger partial charge in [-0.2, -0.15) is 4.98 Å². The van der Waals surface area contributed by atoms with Gasteiger partial charge in [-0.1, -0.05) is 80.6 Å². The highest BCUT2D eigenvalue weighted by atomic mass is 16.4. The second-order valence-electron chi connectivity index (χ2n) is 10.1. The molecule has 0 aliphatic heterocycles. The van der Waals surface area contributed by atoms with Gasteiger partial charge in [-0.25, -0.2) is 0 Å². The van der Waals surface area contributed by atoms with Gasteiger partial charge in [-0.15, -0.1) is 0 Å². The molecule has 7 aromatic rings. The Balaban J connectivity index is 1.54. The van der Waals surface area contributed by atoms with Crippen molar-refractivity contribution in [2.24, 2.45) is 0 Å². The van der Waals surface area contributed by atoms with Gasteiger partial charge in [-0.05, 0) is 58.0 Å². The summed E-state index contributed by atoms with van der Waals surface area (Å²) in [6.07, 6.45) is 0. The van der Waals surface area contributed by atoms with Gasteiger partial charge in [0, 0.05) is 21.6 Å².